The first-order valence-electron chi connectivity index (χ1n) is 5.86. The van der Waals surface area contributed by atoms with E-state index in [9.17, 15) is 9.59 Å². The molecule has 1 aromatic carbocycles. The van der Waals surface area contributed by atoms with Gasteiger partial charge in [-0.1, -0.05) is 30.3 Å². The summed E-state index contributed by atoms with van der Waals surface area (Å²) in [6.45, 7) is 0.0748. The van der Waals surface area contributed by atoms with Crippen LogP contribution in [0.1, 0.15) is 11.6 Å². The van der Waals surface area contributed by atoms with Crippen molar-refractivity contribution in [2.45, 2.75) is 6.04 Å². The quantitative estimate of drug-likeness (QED) is 0.737. The fraction of sp³-hybridized carbons (Fsp3) is 0.385. The largest absolute Gasteiger partial charge is 0.480 e. The van der Waals surface area contributed by atoms with Gasteiger partial charge in [0.05, 0.1) is 6.61 Å². The molecule has 0 saturated carbocycles. The van der Waals surface area contributed by atoms with E-state index in [0.717, 1.165) is 0 Å². The van der Waals surface area contributed by atoms with Crippen molar-refractivity contribution in [1.82, 2.24) is 4.90 Å². The molecule has 0 aromatic heterocycles. The SMILES string of the molecule is COCCN(CC(=O)O)C(=O)[C@H](N)c1ccccc1. The van der Waals surface area contributed by atoms with Crippen molar-refractivity contribution in [2.75, 3.05) is 26.8 Å². The summed E-state index contributed by atoms with van der Waals surface area (Å²) < 4.78 is 4.86. The molecule has 3 N–H and O–H groups in total. The Bertz CT molecular complexity index is 422. The summed E-state index contributed by atoms with van der Waals surface area (Å²) in [5, 5.41) is 8.81. The molecular weight excluding hydrogens is 248 g/mol. The van der Waals surface area contributed by atoms with Crippen LogP contribution in [0.25, 0.3) is 0 Å². The third kappa shape index (κ3) is 4.69. The van der Waals surface area contributed by atoms with E-state index in [4.69, 9.17) is 15.6 Å². The number of ether oxygens (including phenoxy) is 1. The molecule has 6 nitrogen and oxygen atoms in total. The second-order valence-electron chi connectivity index (χ2n) is 4.03. The molecule has 0 fully saturated rings. The molecule has 1 aromatic rings. The van der Waals surface area contributed by atoms with Crippen LogP contribution in [0.15, 0.2) is 30.3 Å². The zero-order valence-corrected chi connectivity index (χ0v) is 10.8. The molecule has 104 valence electrons. The van der Waals surface area contributed by atoms with Crippen molar-refractivity contribution in [3.8, 4) is 0 Å². The second-order valence-corrected chi connectivity index (χ2v) is 4.03. The minimum Gasteiger partial charge on any atom is -0.480 e. The summed E-state index contributed by atoms with van der Waals surface area (Å²) in [7, 11) is 1.49. The highest BCUT2D eigenvalue weighted by molar-refractivity contribution is 5.86. The van der Waals surface area contributed by atoms with Gasteiger partial charge in [0, 0.05) is 13.7 Å². The summed E-state index contributed by atoms with van der Waals surface area (Å²) in [5.41, 5.74) is 6.51. The summed E-state index contributed by atoms with van der Waals surface area (Å²) in [4.78, 5) is 24.1. The van der Waals surface area contributed by atoms with Crippen LogP contribution < -0.4 is 5.73 Å². The maximum Gasteiger partial charge on any atom is 0.323 e. The van der Waals surface area contributed by atoms with E-state index in [-0.39, 0.29) is 19.7 Å². The van der Waals surface area contributed by atoms with Gasteiger partial charge in [0.15, 0.2) is 0 Å². The fourth-order valence-corrected chi connectivity index (χ4v) is 1.63. The van der Waals surface area contributed by atoms with Crippen molar-refractivity contribution in [3.05, 3.63) is 35.9 Å². The van der Waals surface area contributed by atoms with Gasteiger partial charge in [-0.25, -0.2) is 0 Å². The Balaban J connectivity index is 2.77. The first-order valence-corrected chi connectivity index (χ1v) is 5.86. The highest BCUT2D eigenvalue weighted by atomic mass is 16.5. The van der Waals surface area contributed by atoms with Gasteiger partial charge < -0.3 is 20.5 Å². The average Bonchev–Trinajstić information content (AvgIpc) is 2.42. The number of methoxy groups -OCH3 is 1. The third-order valence-electron chi connectivity index (χ3n) is 2.63. The van der Waals surface area contributed by atoms with Gasteiger partial charge in [-0.05, 0) is 5.56 Å². The Morgan fingerprint density at radius 3 is 2.53 bits per heavy atom. The number of carboxylic acids is 1. The number of aliphatic carboxylic acids is 1. The van der Waals surface area contributed by atoms with E-state index in [1.54, 1.807) is 24.3 Å². The topological polar surface area (TPSA) is 92.9 Å². The first kappa shape index (κ1) is 15.1. The van der Waals surface area contributed by atoms with Crippen molar-refractivity contribution in [1.29, 1.82) is 0 Å². The van der Waals surface area contributed by atoms with E-state index in [1.165, 1.54) is 12.0 Å². The Morgan fingerprint density at radius 2 is 2.00 bits per heavy atom. The van der Waals surface area contributed by atoms with Crippen molar-refractivity contribution >= 4 is 11.9 Å². The molecule has 0 saturated heterocycles. The highest BCUT2D eigenvalue weighted by Crippen LogP contribution is 2.12. The number of carbonyl (C=O) groups excluding carboxylic acids is 1. The Labute approximate surface area is 111 Å². The van der Waals surface area contributed by atoms with Crippen LogP contribution in [0, 0.1) is 0 Å². The molecule has 6 heteroatoms. The molecule has 0 aliphatic rings. The lowest BCUT2D eigenvalue weighted by Crippen LogP contribution is -2.43. The molecule has 1 rings (SSSR count). The molecule has 1 amide bonds. The van der Waals surface area contributed by atoms with Crippen LogP contribution in [0.4, 0.5) is 0 Å². The van der Waals surface area contributed by atoms with Crippen molar-refractivity contribution in [3.63, 3.8) is 0 Å². The molecule has 0 unspecified atom stereocenters. The average molecular weight is 266 g/mol. The van der Waals surface area contributed by atoms with Crippen LogP contribution in [0.5, 0.6) is 0 Å². The van der Waals surface area contributed by atoms with Gasteiger partial charge in [-0.3, -0.25) is 9.59 Å². The maximum atomic E-state index is 12.2. The number of benzene rings is 1. The summed E-state index contributed by atoms with van der Waals surface area (Å²) in [5.74, 6) is -1.50. The number of carboxylic acid groups (broad SMARTS) is 1. The predicted octanol–water partition coefficient (Wildman–Crippen LogP) is 0.246. The van der Waals surface area contributed by atoms with Gasteiger partial charge in [-0.15, -0.1) is 0 Å². The van der Waals surface area contributed by atoms with Gasteiger partial charge in [0.25, 0.3) is 0 Å². The number of carbonyl (C=O) groups is 2. The fourth-order valence-electron chi connectivity index (χ4n) is 1.63. The van der Waals surface area contributed by atoms with Crippen LogP contribution in [-0.2, 0) is 14.3 Å². The molecule has 0 heterocycles. The minimum absolute atomic E-state index is 0.197. The normalized spacial score (nSPS) is 11.9. The molecule has 0 aliphatic carbocycles. The van der Waals surface area contributed by atoms with Crippen molar-refractivity contribution < 1.29 is 19.4 Å². The molecule has 0 aliphatic heterocycles. The second kappa shape index (κ2) is 7.50. The van der Waals surface area contributed by atoms with Crippen LogP contribution in [0.3, 0.4) is 0 Å². The lowest BCUT2D eigenvalue weighted by molar-refractivity contribution is -0.145. The summed E-state index contributed by atoms with van der Waals surface area (Å²) >= 11 is 0. The van der Waals surface area contributed by atoms with E-state index < -0.39 is 17.9 Å². The number of nitrogens with zero attached hydrogens (tertiary/aromatic N) is 1. The number of nitrogens with two attached hydrogens (primary N) is 1. The van der Waals surface area contributed by atoms with Crippen LogP contribution in [0.2, 0.25) is 0 Å². The molecular formula is C13H18N2O4. The number of amides is 1. The van der Waals surface area contributed by atoms with Gasteiger partial charge in [0.2, 0.25) is 5.91 Å². The zero-order valence-electron chi connectivity index (χ0n) is 10.8. The predicted molar refractivity (Wildman–Crippen MR) is 69.5 cm³/mol. The first-order chi connectivity index (χ1) is 9.06. The molecule has 0 spiro atoms. The monoisotopic (exact) mass is 266 g/mol. The highest BCUT2D eigenvalue weighted by Gasteiger charge is 2.23. The van der Waals surface area contributed by atoms with E-state index in [2.05, 4.69) is 0 Å². The molecule has 1 atom stereocenters. The third-order valence-corrected chi connectivity index (χ3v) is 2.63. The lowest BCUT2D eigenvalue weighted by atomic mass is 10.1. The summed E-state index contributed by atoms with van der Waals surface area (Å²) in [6, 6.07) is 7.98. The standard InChI is InChI=1S/C13H18N2O4/c1-19-8-7-15(9-11(16)17)13(18)12(14)10-5-3-2-4-6-10/h2-6,12H,7-9,14H2,1H3,(H,16,17)/t12-/m1/s1. The van der Waals surface area contributed by atoms with E-state index in [0.29, 0.717) is 5.56 Å². The maximum absolute atomic E-state index is 12.2. The summed E-state index contributed by atoms with van der Waals surface area (Å²) in [6.07, 6.45) is 0. The van der Waals surface area contributed by atoms with Gasteiger partial charge in [-0.2, -0.15) is 0 Å². The molecule has 0 bridgehead atoms. The Morgan fingerprint density at radius 1 is 1.37 bits per heavy atom. The number of rotatable bonds is 7. The van der Waals surface area contributed by atoms with E-state index >= 15 is 0 Å². The van der Waals surface area contributed by atoms with Gasteiger partial charge >= 0.3 is 5.97 Å². The Hall–Kier alpha value is -1.92. The van der Waals surface area contributed by atoms with Crippen LogP contribution in [-0.4, -0.2) is 48.7 Å². The zero-order chi connectivity index (χ0) is 14.3. The van der Waals surface area contributed by atoms with Crippen LogP contribution >= 0.6 is 0 Å². The number of hydrogen-bond donors (Lipinski definition) is 2. The Kier molecular flexibility index (Phi) is 5.98. The minimum atomic E-state index is -1.08. The van der Waals surface area contributed by atoms with E-state index in [1.807, 2.05) is 6.07 Å². The number of hydrogen-bond acceptors (Lipinski definition) is 4. The smallest absolute Gasteiger partial charge is 0.323 e. The molecule has 19 heavy (non-hydrogen) atoms. The molecule has 0 radical (unpaired) electrons. The van der Waals surface area contributed by atoms with Gasteiger partial charge in [0.1, 0.15) is 12.6 Å². The van der Waals surface area contributed by atoms with Crippen molar-refractivity contribution in [2.24, 2.45) is 5.73 Å². The lowest BCUT2D eigenvalue weighted by Gasteiger charge is -2.24.